The van der Waals surface area contributed by atoms with Crippen molar-refractivity contribution in [2.45, 2.75) is 40.3 Å². The third kappa shape index (κ3) is 3.17. The molecule has 5 rings (SSSR count). The fourth-order valence-corrected chi connectivity index (χ4v) is 5.35. The molecule has 5 aromatic rings. The Hall–Kier alpha value is -3.25. The lowest BCUT2D eigenvalue weighted by Crippen LogP contribution is -2.38. The fourth-order valence-electron chi connectivity index (χ4n) is 4.19. The van der Waals surface area contributed by atoms with Crippen molar-refractivity contribution < 1.29 is 17.2 Å². The third-order valence-corrected chi connectivity index (χ3v) is 8.03. The smallest absolute Gasteiger partial charge is 0.327 e. The van der Waals surface area contributed by atoms with Crippen LogP contribution in [0.3, 0.4) is 0 Å². The number of aryl methyl sites for hydroxylation is 4. The molecule has 0 aliphatic carbocycles. The van der Waals surface area contributed by atoms with Crippen molar-refractivity contribution in [1.29, 1.82) is 0 Å². The molecule has 0 aliphatic heterocycles. The minimum Gasteiger partial charge on any atom is -0.421 e. The molecule has 32 heavy (non-hydrogen) atoms. The second-order valence-electron chi connectivity index (χ2n) is 9.30. The van der Waals surface area contributed by atoms with Crippen LogP contribution >= 0.6 is 0 Å². The first-order chi connectivity index (χ1) is 17.6. The van der Waals surface area contributed by atoms with Gasteiger partial charge < -0.3 is 4.42 Å². The molecule has 0 bridgehead atoms. The first-order valence-electron chi connectivity index (χ1n) is 13.5. The van der Waals surface area contributed by atoms with E-state index in [9.17, 15) is 0 Å². The van der Waals surface area contributed by atoms with Gasteiger partial charge in [-0.3, -0.25) is 0 Å². The summed E-state index contributed by atoms with van der Waals surface area (Å²) in [7, 11) is -0.142. The quantitative estimate of drug-likeness (QED) is 0.285. The zero-order chi connectivity index (χ0) is 27.8. The molecule has 3 heterocycles. The molecular formula is C26H29N4OSi+. The molecule has 0 spiro atoms. The standard InChI is InChI=1S/C26H29N4OSi/c1-16-8-9-21-25(31-26-28-27-15-30(21)26)24(16)22-14-19(10-11-29(22)4)23-17(2)12-20(13-18(23)3)32(5,6)7/h8-15H,1-7H3/q+1/i2D3,3D3. The second-order valence-corrected chi connectivity index (χ2v) is 14.4. The average Bonchev–Trinajstić information content (AvgIpc) is 3.38. The van der Waals surface area contributed by atoms with Crippen LogP contribution in [0, 0.1) is 20.6 Å². The maximum absolute atomic E-state index is 8.34. The summed E-state index contributed by atoms with van der Waals surface area (Å²) in [6.07, 6.45) is 3.40. The number of oxazole rings is 1. The molecular weight excluding hydrogens is 412 g/mol. The summed E-state index contributed by atoms with van der Waals surface area (Å²) in [6.45, 7) is 3.20. The van der Waals surface area contributed by atoms with Crippen LogP contribution < -0.4 is 9.75 Å². The average molecular weight is 448 g/mol. The molecule has 2 aromatic carbocycles. The molecule has 0 saturated heterocycles. The Morgan fingerprint density at radius 3 is 2.44 bits per heavy atom. The van der Waals surface area contributed by atoms with Crippen LogP contribution in [0.1, 0.15) is 24.9 Å². The molecule has 5 nitrogen and oxygen atoms in total. The Labute approximate surface area is 197 Å². The number of fused-ring (bicyclic) bond motifs is 3. The number of nitrogens with zero attached hydrogens (tertiary/aromatic N) is 4. The maximum atomic E-state index is 8.34. The minimum atomic E-state index is -2.50. The summed E-state index contributed by atoms with van der Waals surface area (Å²) in [5.74, 6) is 0.363. The summed E-state index contributed by atoms with van der Waals surface area (Å²) in [5, 5.41) is 8.74. The summed E-state index contributed by atoms with van der Waals surface area (Å²) in [6, 6.07) is 10.9. The molecule has 0 saturated carbocycles. The Morgan fingerprint density at radius 1 is 1.00 bits per heavy atom. The number of aromatic nitrogens is 4. The van der Waals surface area contributed by atoms with Gasteiger partial charge in [0.25, 0.3) is 0 Å². The molecule has 0 atom stereocenters. The normalized spacial score (nSPS) is 15.8. The molecule has 0 fully saturated rings. The molecule has 0 amide bonds. The minimum absolute atomic E-state index is 0.0563. The van der Waals surface area contributed by atoms with Gasteiger partial charge >= 0.3 is 5.84 Å². The molecule has 162 valence electrons. The van der Waals surface area contributed by atoms with E-state index in [0.29, 0.717) is 17.0 Å². The van der Waals surface area contributed by atoms with E-state index in [0.717, 1.165) is 27.5 Å². The summed E-state index contributed by atoms with van der Waals surface area (Å²) < 4.78 is 59.8. The lowest BCUT2D eigenvalue weighted by molar-refractivity contribution is -0.660. The lowest BCUT2D eigenvalue weighted by atomic mass is 9.94. The van der Waals surface area contributed by atoms with Crippen molar-refractivity contribution in [3.05, 3.63) is 65.6 Å². The number of hydrogen-bond acceptors (Lipinski definition) is 3. The van der Waals surface area contributed by atoms with Crippen LogP contribution in [0.5, 0.6) is 0 Å². The predicted octanol–water partition coefficient (Wildman–Crippen LogP) is 5.10. The van der Waals surface area contributed by atoms with E-state index in [1.165, 1.54) is 0 Å². The van der Waals surface area contributed by atoms with Gasteiger partial charge in [0, 0.05) is 20.4 Å². The van der Waals surface area contributed by atoms with Crippen molar-refractivity contribution >= 4 is 30.2 Å². The van der Waals surface area contributed by atoms with E-state index in [4.69, 9.17) is 12.6 Å². The highest BCUT2D eigenvalue weighted by Crippen LogP contribution is 2.35. The second kappa shape index (κ2) is 7.13. The Morgan fingerprint density at radius 2 is 1.75 bits per heavy atom. The Bertz CT molecular complexity index is 1670. The molecule has 0 N–H and O–H groups in total. The van der Waals surface area contributed by atoms with Crippen LogP contribution in [0.15, 0.2) is 53.3 Å². The lowest BCUT2D eigenvalue weighted by Gasteiger charge is -2.21. The van der Waals surface area contributed by atoms with Gasteiger partial charge in [0.05, 0.1) is 19.2 Å². The van der Waals surface area contributed by atoms with Gasteiger partial charge in [0.15, 0.2) is 11.8 Å². The summed E-state index contributed by atoms with van der Waals surface area (Å²) >= 11 is 0. The monoisotopic (exact) mass is 447 g/mol. The molecule has 3 aromatic heterocycles. The molecule has 0 radical (unpaired) electrons. The van der Waals surface area contributed by atoms with Gasteiger partial charge in [0.2, 0.25) is 5.69 Å². The van der Waals surface area contributed by atoms with E-state index in [-0.39, 0.29) is 16.7 Å². The highest BCUT2D eigenvalue weighted by molar-refractivity contribution is 6.88. The summed E-state index contributed by atoms with van der Waals surface area (Å²) in [4.78, 5) is 0. The molecule has 0 aliphatic rings. The molecule has 6 heteroatoms. The number of rotatable bonds is 3. The molecule has 0 unspecified atom stereocenters. The van der Waals surface area contributed by atoms with Crippen molar-refractivity contribution in [2.75, 3.05) is 0 Å². The van der Waals surface area contributed by atoms with Crippen LogP contribution in [-0.4, -0.2) is 22.7 Å². The van der Waals surface area contributed by atoms with Crippen molar-refractivity contribution in [3.63, 3.8) is 0 Å². The van der Waals surface area contributed by atoms with E-state index in [1.807, 2.05) is 42.9 Å². The van der Waals surface area contributed by atoms with Gasteiger partial charge in [-0.25, -0.2) is 8.97 Å². The van der Waals surface area contributed by atoms with Crippen LogP contribution in [0.4, 0.5) is 0 Å². The zero-order valence-corrected chi connectivity index (χ0v) is 19.8. The SMILES string of the molecule is [2H]C([2H])([2H])c1cc([Si](C)(C)C)cc(C([2H])([2H])[2H])c1-c1cc[n+](C)c(-c2c(C)ccc3c2oc2nncn23)c1. The zero-order valence-electron chi connectivity index (χ0n) is 24.8. The summed E-state index contributed by atoms with van der Waals surface area (Å²) in [5.41, 5.74) is 4.77. The topological polar surface area (TPSA) is 47.2 Å². The largest absolute Gasteiger partial charge is 0.421 e. The van der Waals surface area contributed by atoms with Gasteiger partial charge in [-0.2, -0.15) is 0 Å². The van der Waals surface area contributed by atoms with E-state index < -0.39 is 21.8 Å². The van der Waals surface area contributed by atoms with E-state index in [1.54, 1.807) is 28.9 Å². The number of benzene rings is 2. The van der Waals surface area contributed by atoms with Crippen molar-refractivity contribution in [1.82, 2.24) is 14.6 Å². The highest BCUT2D eigenvalue weighted by atomic mass is 28.3. The van der Waals surface area contributed by atoms with Crippen LogP contribution in [0.2, 0.25) is 19.6 Å². The maximum Gasteiger partial charge on any atom is 0.327 e. The first-order valence-corrected chi connectivity index (χ1v) is 14.0. The van der Waals surface area contributed by atoms with Gasteiger partial charge in [0.1, 0.15) is 13.4 Å². The Balaban J connectivity index is 1.85. The van der Waals surface area contributed by atoms with Gasteiger partial charge in [-0.1, -0.05) is 48.1 Å². The number of pyridine rings is 1. The highest BCUT2D eigenvalue weighted by Gasteiger charge is 2.24. The first kappa shape index (κ1) is 14.7. The van der Waals surface area contributed by atoms with E-state index >= 15 is 0 Å². The van der Waals surface area contributed by atoms with Crippen LogP contribution in [0.25, 0.3) is 39.3 Å². The van der Waals surface area contributed by atoms with Gasteiger partial charge in [-0.05, 0) is 54.5 Å². The third-order valence-electron chi connectivity index (χ3n) is 6.01. The van der Waals surface area contributed by atoms with Crippen molar-refractivity contribution in [3.8, 4) is 22.4 Å². The predicted molar refractivity (Wildman–Crippen MR) is 132 cm³/mol. The number of hydrogen-bond donors (Lipinski definition) is 0. The van der Waals surface area contributed by atoms with Crippen molar-refractivity contribution in [2.24, 2.45) is 7.05 Å². The fraction of sp³-hybridized carbons (Fsp3) is 0.269. The van der Waals surface area contributed by atoms with Crippen LogP contribution in [-0.2, 0) is 7.05 Å². The van der Waals surface area contributed by atoms with Gasteiger partial charge in [-0.15, -0.1) is 5.10 Å². The Kier molecular flexibility index (Phi) is 3.29. The van der Waals surface area contributed by atoms with E-state index in [2.05, 4.69) is 29.8 Å².